The Morgan fingerprint density at radius 2 is 1.48 bits per heavy atom. The van der Waals surface area contributed by atoms with E-state index in [2.05, 4.69) is 0 Å². The zero-order chi connectivity index (χ0) is 32.9. The third-order valence-electron chi connectivity index (χ3n) is 7.32. The van der Waals surface area contributed by atoms with Gasteiger partial charge in [0.05, 0.1) is 41.6 Å². The molecule has 1 heterocycles. The Kier molecular flexibility index (Phi) is 8.79. The minimum atomic E-state index is -5.24. The topological polar surface area (TPSA) is 59.1 Å². The standard InChI is InChI=1S/C28H26F10N2O4/c1-13(2)44-25(42)40-21(15-4-5-15)11-22(18-9-19(28(36,37)38)20(29)10-23(18)40)39(24(41)43-3)12-14-6-16(26(30,31)32)8-17(7-14)27(33,34)35/h6-10,13,15,21-22H,4-5,11-12H2,1-3H3/t21-,22-/m1/s1. The van der Waals surface area contributed by atoms with E-state index in [1.54, 1.807) is 0 Å². The molecule has 4 rings (SSSR count). The van der Waals surface area contributed by atoms with Crippen molar-refractivity contribution in [3.05, 3.63) is 64.0 Å². The average Bonchev–Trinajstić information content (AvgIpc) is 3.73. The number of alkyl halides is 9. The van der Waals surface area contributed by atoms with Gasteiger partial charge in [-0.1, -0.05) is 0 Å². The molecule has 1 aliphatic heterocycles. The van der Waals surface area contributed by atoms with Crippen molar-refractivity contribution in [1.29, 1.82) is 0 Å². The van der Waals surface area contributed by atoms with Crippen molar-refractivity contribution in [2.24, 2.45) is 5.92 Å². The first-order chi connectivity index (χ1) is 20.2. The maximum absolute atomic E-state index is 14.9. The lowest BCUT2D eigenvalue weighted by Gasteiger charge is -2.44. The van der Waals surface area contributed by atoms with Gasteiger partial charge < -0.3 is 9.47 Å². The summed E-state index contributed by atoms with van der Waals surface area (Å²) in [5.41, 5.74) is -6.56. The molecule has 0 spiro atoms. The largest absolute Gasteiger partial charge is 0.453 e. The van der Waals surface area contributed by atoms with Gasteiger partial charge in [-0.15, -0.1) is 0 Å². The van der Waals surface area contributed by atoms with E-state index in [1.165, 1.54) is 13.8 Å². The molecule has 242 valence electrons. The van der Waals surface area contributed by atoms with E-state index in [1.807, 2.05) is 0 Å². The number of nitrogens with zero attached hydrogens (tertiary/aromatic N) is 2. The molecule has 16 heteroatoms. The monoisotopic (exact) mass is 644 g/mol. The van der Waals surface area contributed by atoms with Gasteiger partial charge in [0.2, 0.25) is 0 Å². The number of amides is 2. The smallest absolute Gasteiger partial charge is 0.419 e. The van der Waals surface area contributed by atoms with E-state index in [0.717, 1.165) is 12.0 Å². The highest BCUT2D eigenvalue weighted by atomic mass is 19.4. The molecule has 1 fully saturated rings. The van der Waals surface area contributed by atoms with Gasteiger partial charge >= 0.3 is 30.7 Å². The lowest BCUT2D eigenvalue weighted by molar-refractivity contribution is -0.143. The highest BCUT2D eigenvalue weighted by Crippen LogP contribution is 2.50. The fourth-order valence-corrected chi connectivity index (χ4v) is 5.31. The Bertz CT molecular complexity index is 1380. The van der Waals surface area contributed by atoms with Crippen molar-refractivity contribution < 1.29 is 63.0 Å². The second-order valence-corrected chi connectivity index (χ2v) is 10.9. The Hall–Kier alpha value is -3.72. The molecular formula is C28H26F10N2O4. The fourth-order valence-electron chi connectivity index (χ4n) is 5.31. The summed E-state index contributed by atoms with van der Waals surface area (Å²) in [6, 6.07) is -0.871. The number of hydrogen-bond donors (Lipinski definition) is 0. The van der Waals surface area contributed by atoms with Crippen LogP contribution in [0.4, 0.5) is 59.2 Å². The summed E-state index contributed by atoms with van der Waals surface area (Å²) in [7, 11) is 0.864. The van der Waals surface area contributed by atoms with Crippen LogP contribution in [0.15, 0.2) is 30.3 Å². The summed E-state index contributed by atoms with van der Waals surface area (Å²) in [5.74, 6) is -2.01. The quantitative estimate of drug-likeness (QED) is 0.306. The summed E-state index contributed by atoms with van der Waals surface area (Å²) in [5, 5.41) is 0. The summed E-state index contributed by atoms with van der Waals surface area (Å²) < 4.78 is 148. The highest BCUT2D eigenvalue weighted by molar-refractivity contribution is 5.91. The Balaban J connectivity index is 1.92. The second-order valence-electron chi connectivity index (χ2n) is 10.9. The maximum Gasteiger partial charge on any atom is 0.419 e. The van der Waals surface area contributed by atoms with Gasteiger partial charge in [0.15, 0.2) is 0 Å². The number of carbonyl (C=O) groups excluding carboxylic acids is 2. The first kappa shape index (κ1) is 33.2. The zero-order valence-corrected chi connectivity index (χ0v) is 23.3. The van der Waals surface area contributed by atoms with Crippen LogP contribution in [0.1, 0.15) is 67.0 Å². The Morgan fingerprint density at radius 1 is 0.909 bits per heavy atom. The summed E-state index contributed by atoms with van der Waals surface area (Å²) in [6.45, 7) is 2.05. The molecule has 0 radical (unpaired) electrons. The first-order valence-electron chi connectivity index (χ1n) is 13.3. The molecule has 2 aromatic rings. The van der Waals surface area contributed by atoms with E-state index in [4.69, 9.17) is 9.47 Å². The van der Waals surface area contributed by atoms with Crippen LogP contribution in [0.3, 0.4) is 0 Å². The molecule has 0 unspecified atom stereocenters. The first-order valence-corrected chi connectivity index (χ1v) is 13.3. The molecule has 0 aromatic heterocycles. The number of halogens is 10. The van der Waals surface area contributed by atoms with Crippen LogP contribution in [0.5, 0.6) is 0 Å². The predicted octanol–water partition coefficient (Wildman–Crippen LogP) is 8.73. The summed E-state index contributed by atoms with van der Waals surface area (Å²) in [4.78, 5) is 27.9. The van der Waals surface area contributed by atoms with Crippen LogP contribution < -0.4 is 4.90 Å². The van der Waals surface area contributed by atoms with Crippen LogP contribution in [0.25, 0.3) is 0 Å². The molecule has 2 atom stereocenters. The molecule has 0 N–H and O–H groups in total. The van der Waals surface area contributed by atoms with E-state index >= 15 is 0 Å². The third-order valence-corrected chi connectivity index (χ3v) is 7.32. The highest BCUT2D eigenvalue weighted by Gasteiger charge is 2.49. The Labute approximate surface area is 244 Å². The van der Waals surface area contributed by atoms with Crippen LogP contribution in [0.2, 0.25) is 0 Å². The van der Waals surface area contributed by atoms with Crippen molar-refractivity contribution in [2.75, 3.05) is 12.0 Å². The summed E-state index contributed by atoms with van der Waals surface area (Å²) in [6.07, 6.45) is -17.9. The molecule has 0 bridgehead atoms. The van der Waals surface area contributed by atoms with Crippen molar-refractivity contribution in [3.8, 4) is 0 Å². The van der Waals surface area contributed by atoms with Crippen molar-refractivity contribution in [2.45, 2.75) is 76.4 Å². The van der Waals surface area contributed by atoms with Gasteiger partial charge in [-0.05, 0) is 80.5 Å². The second kappa shape index (κ2) is 11.7. The van der Waals surface area contributed by atoms with Gasteiger partial charge in [-0.3, -0.25) is 9.80 Å². The number of benzene rings is 2. The molecule has 2 aromatic carbocycles. The zero-order valence-electron chi connectivity index (χ0n) is 23.3. The number of hydrogen-bond acceptors (Lipinski definition) is 4. The van der Waals surface area contributed by atoms with Crippen LogP contribution in [-0.4, -0.2) is 36.3 Å². The van der Waals surface area contributed by atoms with Crippen molar-refractivity contribution in [3.63, 3.8) is 0 Å². The van der Waals surface area contributed by atoms with E-state index in [9.17, 15) is 53.5 Å². The number of fused-ring (bicyclic) bond motifs is 1. The normalized spacial score (nSPS) is 19.1. The molecular weight excluding hydrogens is 618 g/mol. The molecule has 44 heavy (non-hydrogen) atoms. The molecule has 1 saturated carbocycles. The minimum absolute atomic E-state index is 0.110. The molecule has 2 aliphatic rings. The number of carbonyl (C=O) groups is 2. The molecule has 1 aliphatic carbocycles. The summed E-state index contributed by atoms with van der Waals surface area (Å²) >= 11 is 0. The SMILES string of the molecule is COC(=O)N(Cc1cc(C(F)(F)F)cc(C(F)(F)F)c1)[C@@H]1C[C@H](C2CC2)N(C(=O)OC(C)C)c2cc(F)c(C(F)(F)F)cc21. The van der Waals surface area contributed by atoms with Crippen LogP contribution >= 0.6 is 0 Å². The van der Waals surface area contributed by atoms with Gasteiger partial charge in [0.1, 0.15) is 5.82 Å². The number of anilines is 1. The van der Waals surface area contributed by atoms with Gasteiger partial charge in [0.25, 0.3) is 0 Å². The predicted molar refractivity (Wildman–Crippen MR) is 134 cm³/mol. The van der Waals surface area contributed by atoms with E-state index in [-0.39, 0.29) is 24.1 Å². The maximum atomic E-state index is 14.9. The van der Waals surface area contributed by atoms with Crippen molar-refractivity contribution in [1.82, 2.24) is 4.90 Å². The third kappa shape index (κ3) is 6.98. The molecule has 0 saturated heterocycles. The molecule has 6 nitrogen and oxygen atoms in total. The number of ether oxygens (including phenoxy) is 2. The minimum Gasteiger partial charge on any atom is -0.453 e. The van der Waals surface area contributed by atoms with Gasteiger partial charge in [0, 0.05) is 12.6 Å². The lowest BCUT2D eigenvalue weighted by atomic mass is 9.86. The van der Waals surface area contributed by atoms with Gasteiger partial charge in [-0.2, -0.15) is 39.5 Å². The van der Waals surface area contributed by atoms with Crippen molar-refractivity contribution >= 4 is 17.9 Å². The van der Waals surface area contributed by atoms with Gasteiger partial charge in [-0.25, -0.2) is 14.0 Å². The van der Waals surface area contributed by atoms with E-state index < -0.39 is 89.1 Å². The number of methoxy groups -OCH3 is 1. The van der Waals surface area contributed by atoms with Crippen LogP contribution in [-0.2, 0) is 34.5 Å². The Morgan fingerprint density at radius 3 is 1.93 bits per heavy atom. The number of rotatable bonds is 5. The van der Waals surface area contributed by atoms with E-state index in [0.29, 0.717) is 42.0 Å². The molecule has 2 amide bonds. The fraction of sp³-hybridized carbons (Fsp3) is 0.500. The lowest BCUT2D eigenvalue weighted by Crippen LogP contribution is -2.50. The average molecular weight is 645 g/mol. The van der Waals surface area contributed by atoms with Crippen LogP contribution in [0, 0.1) is 11.7 Å².